The monoisotopic (exact) mass is 328 g/mol. The highest BCUT2D eigenvalue weighted by atomic mass is 19.1. The number of nitrogens with zero attached hydrogens (tertiary/aromatic N) is 3. The summed E-state index contributed by atoms with van der Waals surface area (Å²) in [5, 5.41) is 3.85. The smallest absolute Gasteiger partial charge is 0.272 e. The van der Waals surface area contributed by atoms with E-state index >= 15 is 0 Å². The summed E-state index contributed by atoms with van der Waals surface area (Å²) >= 11 is 0. The molecular weight excluding hydrogens is 311 g/mol. The molecule has 0 spiro atoms. The van der Waals surface area contributed by atoms with E-state index < -0.39 is 0 Å². The van der Waals surface area contributed by atoms with E-state index in [1.165, 1.54) is 18.5 Å². The average molecular weight is 328 g/mol. The van der Waals surface area contributed by atoms with Crippen LogP contribution in [-0.4, -0.2) is 43.4 Å². The molecule has 6 nitrogen and oxygen atoms in total. The van der Waals surface area contributed by atoms with Gasteiger partial charge in [-0.05, 0) is 29.8 Å². The van der Waals surface area contributed by atoms with Crippen LogP contribution in [0, 0.1) is 5.82 Å². The molecule has 24 heavy (non-hydrogen) atoms. The lowest BCUT2D eigenvalue weighted by atomic mass is 10.2. The molecule has 0 unspecified atom stereocenters. The fraction of sp³-hybridized carbons (Fsp3) is 0.235. The normalized spacial score (nSPS) is 14.8. The van der Waals surface area contributed by atoms with E-state index in [1.807, 2.05) is 4.90 Å². The van der Waals surface area contributed by atoms with E-state index in [0.717, 1.165) is 0 Å². The number of hydrazone groups is 1. The number of nitrogens with one attached hydrogen (secondary N) is 1. The number of ether oxygens (including phenoxy) is 1. The van der Waals surface area contributed by atoms with Crippen LogP contribution in [0.3, 0.4) is 0 Å². The number of carbonyl (C=O) groups excluding carboxylic acids is 1. The Bertz CT molecular complexity index is 731. The van der Waals surface area contributed by atoms with Crippen LogP contribution in [0.2, 0.25) is 0 Å². The summed E-state index contributed by atoms with van der Waals surface area (Å²) in [6.07, 6.45) is 4.43. The van der Waals surface area contributed by atoms with Gasteiger partial charge in [0.15, 0.2) is 0 Å². The summed E-state index contributed by atoms with van der Waals surface area (Å²) in [6.45, 7) is 2.54. The summed E-state index contributed by atoms with van der Waals surface area (Å²) in [6, 6.07) is 8.16. The van der Waals surface area contributed by atoms with Gasteiger partial charge in [0.25, 0.3) is 5.91 Å². The Morgan fingerprint density at radius 1 is 1.33 bits per heavy atom. The summed E-state index contributed by atoms with van der Waals surface area (Å²) < 4.78 is 19.5. The summed E-state index contributed by atoms with van der Waals surface area (Å²) in [5.41, 5.74) is 3.91. The number of hydrogen-bond donors (Lipinski definition) is 1. The van der Waals surface area contributed by atoms with Gasteiger partial charge in [-0.25, -0.2) is 9.82 Å². The Labute approximate surface area is 139 Å². The average Bonchev–Trinajstić information content (AvgIpc) is 2.63. The molecule has 124 valence electrons. The zero-order valence-corrected chi connectivity index (χ0v) is 13.0. The summed E-state index contributed by atoms with van der Waals surface area (Å²) in [5.74, 6) is -0.691. The molecule has 7 heteroatoms. The Balaban J connectivity index is 1.63. The Morgan fingerprint density at radius 2 is 2.17 bits per heavy atom. The first-order valence-corrected chi connectivity index (χ1v) is 7.60. The van der Waals surface area contributed by atoms with Crippen LogP contribution >= 0.6 is 0 Å². The third-order valence-electron chi connectivity index (χ3n) is 3.63. The second kappa shape index (κ2) is 7.65. The lowest BCUT2D eigenvalue weighted by molar-refractivity contribution is 0.0954. The van der Waals surface area contributed by atoms with Gasteiger partial charge in [0.2, 0.25) is 0 Å². The third-order valence-corrected chi connectivity index (χ3v) is 3.63. The molecule has 1 aliphatic heterocycles. The minimum Gasteiger partial charge on any atom is -0.378 e. The van der Waals surface area contributed by atoms with Crippen molar-refractivity contribution in [2.24, 2.45) is 5.10 Å². The number of aromatic nitrogens is 1. The van der Waals surface area contributed by atoms with Crippen molar-refractivity contribution in [1.29, 1.82) is 0 Å². The topological polar surface area (TPSA) is 66.8 Å². The Morgan fingerprint density at radius 3 is 2.88 bits per heavy atom. The van der Waals surface area contributed by atoms with Gasteiger partial charge in [0.05, 0.1) is 30.7 Å². The third kappa shape index (κ3) is 3.94. The molecular formula is C17H17FN4O2. The first-order valence-electron chi connectivity index (χ1n) is 7.60. The number of rotatable bonds is 4. The highest BCUT2D eigenvalue weighted by Crippen LogP contribution is 2.21. The second-order valence-electron chi connectivity index (χ2n) is 5.25. The number of amides is 1. The van der Waals surface area contributed by atoms with Crippen molar-refractivity contribution >= 4 is 17.8 Å². The van der Waals surface area contributed by atoms with Crippen molar-refractivity contribution in [2.45, 2.75) is 0 Å². The number of carbonyl (C=O) groups is 1. The number of anilines is 1. The van der Waals surface area contributed by atoms with E-state index in [0.29, 0.717) is 43.1 Å². The largest absolute Gasteiger partial charge is 0.378 e. The summed E-state index contributed by atoms with van der Waals surface area (Å²) in [4.78, 5) is 17.6. The van der Waals surface area contributed by atoms with Gasteiger partial charge >= 0.3 is 0 Å². The fourth-order valence-corrected chi connectivity index (χ4v) is 2.39. The number of benzene rings is 1. The molecule has 1 fully saturated rings. The molecule has 0 saturated carbocycles. The van der Waals surface area contributed by atoms with Crippen LogP contribution in [0.25, 0.3) is 0 Å². The van der Waals surface area contributed by atoms with E-state index in [2.05, 4.69) is 15.5 Å². The van der Waals surface area contributed by atoms with Crippen LogP contribution < -0.4 is 10.3 Å². The maximum Gasteiger partial charge on any atom is 0.272 e. The first-order chi connectivity index (χ1) is 11.7. The van der Waals surface area contributed by atoms with Crippen LogP contribution in [0.1, 0.15) is 15.9 Å². The summed E-state index contributed by atoms with van der Waals surface area (Å²) in [7, 11) is 0. The SMILES string of the molecule is O=C(NN=Cc1ccc(N2CCOCC2)c(F)c1)c1cccnc1. The van der Waals surface area contributed by atoms with E-state index in [1.54, 1.807) is 30.5 Å². The number of morpholine rings is 1. The molecule has 2 aromatic rings. The van der Waals surface area contributed by atoms with Crippen LogP contribution in [0.4, 0.5) is 10.1 Å². The van der Waals surface area contributed by atoms with Crippen LogP contribution in [-0.2, 0) is 4.74 Å². The molecule has 0 aliphatic carbocycles. The quantitative estimate of drug-likeness (QED) is 0.687. The van der Waals surface area contributed by atoms with E-state index in [-0.39, 0.29) is 11.7 Å². The Hall–Kier alpha value is -2.80. The molecule has 0 bridgehead atoms. The van der Waals surface area contributed by atoms with Crippen molar-refractivity contribution in [3.05, 3.63) is 59.7 Å². The number of hydrogen-bond acceptors (Lipinski definition) is 5. The van der Waals surface area contributed by atoms with Crippen LogP contribution in [0.15, 0.2) is 47.8 Å². The molecule has 3 rings (SSSR count). The standard InChI is InChI=1S/C17H17FN4O2/c18-15-10-13(3-4-16(15)22-6-8-24-9-7-22)11-20-21-17(23)14-2-1-5-19-12-14/h1-5,10-12H,6-9H2,(H,21,23). The van der Waals surface area contributed by atoms with Crippen molar-refractivity contribution in [2.75, 3.05) is 31.2 Å². The molecule has 1 aliphatic rings. The highest BCUT2D eigenvalue weighted by molar-refractivity contribution is 5.94. The van der Waals surface area contributed by atoms with Gasteiger partial charge in [-0.2, -0.15) is 5.10 Å². The van der Waals surface area contributed by atoms with Gasteiger partial charge in [0.1, 0.15) is 5.82 Å². The lowest BCUT2D eigenvalue weighted by Gasteiger charge is -2.29. The maximum atomic E-state index is 14.2. The highest BCUT2D eigenvalue weighted by Gasteiger charge is 2.14. The predicted molar refractivity (Wildman–Crippen MR) is 88.7 cm³/mol. The molecule has 0 radical (unpaired) electrons. The van der Waals surface area contributed by atoms with Gasteiger partial charge in [-0.1, -0.05) is 6.07 Å². The van der Waals surface area contributed by atoms with Gasteiger partial charge in [0, 0.05) is 25.5 Å². The van der Waals surface area contributed by atoms with Gasteiger partial charge < -0.3 is 9.64 Å². The molecule has 1 saturated heterocycles. The predicted octanol–water partition coefficient (Wildman–Crippen LogP) is 1.82. The molecule has 1 aromatic heterocycles. The lowest BCUT2D eigenvalue weighted by Crippen LogP contribution is -2.36. The zero-order valence-electron chi connectivity index (χ0n) is 13.0. The molecule has 1 aromatic carbocycles. The van der Waals surface area contributed by atoms with Crippen molar-refractivity contribution in [3.63, 3.8) is 0 Å². The number of pyridine rings is 1. The van der Waals surface area contributed by atoms with Gasteiger partial charge in [-0.15, -0.1) is 0 Å². The minimum absolute atomic E-state index is 0.320. The molecule has 2 heterocycles. The molecule has 1 amide bonds. The van der Waals surface area contributed by atoms with Crippen molar-refractivity contribution in [3.8, 4) is 0 Å². The first kappa shape index (κ1) is 16.1. The van der Waals surface area contributed by atoms with E-state index in [9.17, 15) is 9.18 Å². The van der Waals surface area contributed by atoms with E-state index in [4.69, 9.17) is 4.74 Å². The molecule has 0 atom stereocenters. The Kier molecular flexibility index (Phi) is 5.12. The van der Waals surface area contributed by atoms with Crippen molar-refractivity contribution in [1.82, 2.24) is 10.4 Å². The van der Waals surface area contributed by atoms with Gasteiger partial charge in [-0.3, -0.25) is 9.78 Å². The van der Waals surface area contributed by atoms with Crippen LogP contribution in [0.5, 0.6) is 0 Å². The fourth-order valence-electron chi connectivity index (χ4n) is 2.39. The van der Waals surface area contributed by atoms with Crippen molar-refractivity contribution < 1.29 is 13.9 Å². The maximum absolute atomic E-state index is 14.2. The molecule has 1 N–H and O–H groups in total. The number of halogens is 1. The zero-order chi connectivity index (χ0) is 16.8. The second-order valence-corrected chi connectivity index (χ2v) is 5.25. The minimum atomic E-state index is -0.371.